The van der Waals surface area contributed by atoms with E-state index in [9.17, 15) is 9.59 Å². The summed E-state index contributed by atoms with van der Waals surface area (Å²) in [4.78, 5) is 23.4. The second-order valence-electron chi connectivity index (χ2n) is 4.04. The Bertz CT molecular complexity index is 464. The normalized spacial score (nSPS) is 10.8. The largest absolute Gasteiger partial charge is 0.380 e. The van der Waals surface area contributed by atoms with Crippen molar-refractivity contribution in [2.24, 2.45) is 5.73 Å². The van der Waals surface area contributed by atoms with Crippen LogP contribution >= 0.6 is 0 Å². The summed E-state index contributed by atoms with van der Waals surface area (Å²) in [6.07, 6.45) is 3.60. The van der Waals surface area contributed by atoms with Gasteiger partial charge in [0.15, 0.2) is 0 Å². The molecule has 1 heterocycles. The van der Waals surface area contributed by atoms with E-state index in [0.29, 0.717) is 19.8 Å². The van der Waals surface area contributed by atoms with Crippen LogP contribution in [0.15, 0.2) is 21.9 Å². The lowest BCUT2D eigenvalue weighted by Gasteiger charge is -2.09. The van der Waals surface area contributed by atoms with Gasteiger partial charge in [-0.1, -0.05) is 13.3 Å². The molecule has 0 saturated heterocycles. The number of nitrogens with two attached hydrogens (primary N) is 1. The first-order valence-electron chi connectivity index (χ1n) is 6.28. The number of unbranched alkanes of at least 4 members (excludes halogenated alkanes) is 1. The van der Waals surface area contributed by atoms with Crippen molar-refractivity contribution in [2.75, 3.05) is 19.8 Å². The van der Waals surface area contributed by atoms with E-state index in [0.717, 1.165) is 17.4 Å². The van der Waals surface area contributed by atoms with Crippen LogP contribution in [0.5, 0.6) is 0 Å². The topological polar surface area (TPSA) is 79.2 Å². The summed E-state index contributed by atoms with van der Waals surface area (Å²) in [5, 5.41) is 0. The number of rotatable bonds is 8. The Kier molecular flexibility index (Phi) is 6.38. The molecule has 6 heteroatoms. The lowest BCUT2D eigenvalue weighted by Crippen LogP contribution is -2.41. The van der Waals surface area contributed by atoms with Crippen molar-refractivity contribution >= 4 is 0 Å². The van der Waals surface area contributed by atoms with Crippen LogP contribution in [-0.2, 0) is 17.8 Å². The van der Waals surface area contributed by atoms with E-state index in [1.165, 1.54) is 16.8 Å². The number of hydrogen-bond donors (Lipinski definition) is 1. The van der Waals surface area contributed by atoms with E-state index >= 15 is 0 Å². The average molecular weight is 255 g/mol. The summed E-state index contributed by atoms with van der Waals surface area (Å²) in [6, 6.07) is 1.38. The monoisotopic (exact) mass is 255 g/mol. The van der Waals surface area contributed by atoms with Crippen LogP contribution < -0.4 is 17.0 Å². The van der Waals surface area contributed by atoms with Crippen LogP contribution in [0.4, 0.5) is 0 Å². The van der Waals surface area contributed by atoms with E-state index in [1.807, 2.05) is 0 Å². The highest BCUT2D eigenvalue weighted by molar-refractivity contribution is 4.86. The standard InChI is InChI=1S/C12H21N3O3/c1-2-3-9-18-10-8-14-6-4-11(16)15(7-5-13)12(14)17/h4,6H,2-3,5,7-10,13H2,1H3. The molecule has 0 radical (unpaired) electrons. The molecule has 0 amide bonds. The summed E-state index contributed by atoms with van der Waals surface area (Å²) in [6.45, 7) is 4.24. The van der Waals surface area contributed by atoms with E-state index in [1.54, 1.807) is 0 Å². The van der Waals surface area contributed by atoms with Crippen LogP contribution in [0.3, 0.4) is 0 Å². The van der Waals surface area contributed by atoms with Gasteiger partial charge in [-0.25, -0.2) is 4.79 Å². The first-order chi connectivity index (χ1) is 8.70. The van der Waals surface area contributed by atoms with Gasteiger partial charge in [0.1, 0.15) is 0 Å². The summed E-state index contributed by atoms with van der Waals surface area (Å²) in [7, 11) is 0. The molecule has 0 fully saturated rings. The third-order valence-corrected chi connectivity index (χ3v) is 2.61. The third kappa shape index (κ3) is 4.12. The molecule has 102 valence electrons. The third-order valence-electron chi connectivity index (χ3n) is 2.61. The molecule has 2 N–H and O–H groups in total. The molecule has 0 unspecified atom stereocenters. The van der Waals surface area contributed by atoms with Crippen molar-refractivity contribution in [1.82, 2.24) is 9.13 Å². The lowest BCUT2D eigenvalue weighted by molar-refractivity contribution is 0.122. The van der Waals surface area contributed by atoms with Gasteiger partial charge in [-0.05, 0) is 6.42 Å². The van der Waals surface area contributed by atoms with Crippen molar-refractivity contribution in [3.63, 3.8) is 0 Å². The molecule has 0 aromatic carbocycles. The van der Waals surface area contributed by atoms with Gasteiger partial charge < -0.3 is 10.5 Å². The molecule has 0 atom stereocenters. The first-order valence-corrected chi connectivity index (χ1v) is 6.28. The Morgan fingerprint density at radius 3 is 2.72 bits per heavy atom. The van der Waals surface area contributed by atoms with Gasteiger partial charge in [-0.15, -0.1) is 0 Å². The van der Waals surface area contributed by atoms with E-state index in [-0.39, 0.29) is 24.3 Å². The summed E-state index contributed by atoms with van der Waals surface area (Å²) < 4.78 is 8.01. The van der Waals surface area contributed by atoms with Crippen LogP contribution in [0.2, 0.25) is 0 Å². The molecule has 0 saturated carbocycles. The first kappa shape index (κ1) is 14.7. The number of hydrogen-bond acceptors (Lipinski definition) is 4. The Morgan fingerprint density at radius 1 is 1.28 bits per heavy atom. The van der Waals surface area contributed by atoms with Crippen molar-refractivity contribution in [2.45, 2.75) is 32.9 Å². The molecule has 0 aliphatic heterocycles. The van der Waals surface area contributed by atoms with Crippen molar-refractivity contribution < 1.29 is 4.74 Å². The molecule has 6 nitrogen and oxygen atoms in total. The van der Waals surface area contributed by atoms with Crippen LogP contribution in [-0.4, -0.2) is 28.9 Å². The molecule has 0 aliphatic rings. The van der Waals surface area contributed by atoms with Crippen LogP contribution in [0.1, 0.15) is 19.8 Å². The molecule has 1 aromatic heterocycles. The zero-order chi connectivity index (χ0) is 13.4. The number of aromatic nitrogens is 2. The Hall–Kier alpha value is -1.40. The van der Waals surface area contributed by atoms with Gasteiger partial charge in [-0.3, -0.25) is 13.9 Å². The van der Waals surface area contributed by atoms with E-state index in [2.05, 4.69) is 6.92 Å². The van der Waals surface area contributed by atoms with Gasteiger partial charge in [0.05, 0.1) is 13.2 Å². The van der Waals surface area contributed by atoms with Crippen molar-refractivity contribution in [3.05, 3.63) is 33.1 Å². The Balaban J connectivity index is 2.64. The molecule has 1 rings (SSSR count). The lowest BCUT2D eigenvalue weighted by atomic mass is 10.4. The zero-order valence-electron chi connectivity index (χ0n) is 10.8. The van der Waals surface area contributed by atoms with E-state index < -0.39 is 0 Å². The summed E-state index contributed by atoms with van der Waals surface area (Å²) in [5.74, 6) is 0. The molecule has 0 aliphatic carbocycles. The highest BCUT2D eigenvalue weighted by Crippen LogP contribution is 1.88. The fraction of sp³-hybridized carbons (Fsp3) is 0.667. The van der Waals surface area contributed by atoms with E-state index in [4.69, 9.17) is 10.5 Å². The predicted molar refractivity (Wildman–Crippen MR) is 69.7 cm³/mol. The highest BCUT2D eigenvalue weighted by atomic mass is 16.5. The van der Waals surface area contributed by atoms with Gasteiger partial charge >= 0.3 is 5.69 Å². The minimum atomic E-state index is -0.327. The second kappa shape index (κ2) is 7.84. The maximum atomic E-state index is 11.9. The minimum absolute atomic E-state index is 0.245. The van der Waals surface area contributed by atoms with Gasteiger partial charge in [0.25, 0.3) is 5.56 Å². The van der Waals surface area contributed by atoms with Crippen molar-refractivity contribution in [1.29, 1.82) is 0 Å². The van der Waals surface area contributed by atoms with Crippen molar-refractivity contribution in [3.8, 4) is 0 Å². The molecule has 0 bridgehead atoms. The van der Waals surface area contributed by atoms with Gasteiger partial charge in [-0.2, -0.15) is 0 Å². The number of nitrogens with zero attached hydrogens (tertiary/aromatic N) is 2. The van der Waals surface area contributed by atoms with Gasteiger partial charge in [0, 0.05) is 32.0 Å². The van der Waals surface area contributed by atoms with Gasteiger partial charge in [0.2, 0.25) is 0 Å². The summed E-state index contributed by atoms with van der Waals surface area (Å²) in [5.41, 5.74) is 4.73. The predicted octanol–water partition coefficient (Wildman–Crippen LogP) is -0.215. The molecular formula is C12H21N3O3. The average Bonchev–Trinajstić information content (AvgIpc) is 2.36. The SMILES string of the molecule is CCCCOCCn1ccc(=O)n(CCN)c1=O. The fourth-order valence-electron chi connectivity index (χ4n) is 1.57. The molecule has 1 aromatic rings. The second-order valence-corrected chi connectivity index (χ2v) is 4.04. The Morgan fingerprint density at radius 2 is 2.06 bits per heavy atom. The number of ether oxygens (including phenoxy) is 1. The molecule has 18 heavy (non-hydrogen) atoms. The maximum Gasteiger partial charge on any atom is 0.331 e. The van der Waals surface area contributed by atoms with Crippen LogP contribution in [0, 0.1) is 0 Å². The fourth-order valence-corrected chi connectivity index (χ4v) is 1.57. The summed E-state index contributed by atoms with van der Waals surface area (Å²) >= 11 is 0. The zero-order valence-corrected chi connectivity index (χ0v) is 10.8. The quantitative estimate of drug-likeness (QED) is 0.652. The maximum absolute atomic E-state index is 11.9. The van der Waals surface area contributed by atoms with Crippen LogP contribution in [0.25, 0.3) is 0 Å². The minimum Gasteiger partial charge on any atom is -0.380 e. The molecular weight excluding hydrogens is 234 g/mol. The Labute approximate surface area is 106 Å². The highest BCUT2D eigenvalue weighted by Gasteiger charge is 2.03. The smallest absolute Gasteiger partial charge is 0.331 e. The molecule has 0 spiro atoms.